The molecule has 2 fully saturated rings. The van der Waals surface area contributed by atoms with E-state index in [4.69, 9.17) is 21.7 Å². The molecule has 0 spiro atoms. The Morgan fingerprint density at radius 2 is 1.35 bits per heavy atom. The summed E-state index contributed by atoms with van der Waals surface area (Å²) in [6.45, 7) is 9.04. The van der Waals surface area contributed by atoms with Gasteiger partial charge in [0, 0.05) is 44.1 Å². The normalized spacial score (nSPS) is 16.6. The number of para-hydroxylation sites is 1. The molecular formula is C36H41N5O6S. The summed E-state index contributed by atoms with van der Waals surface area (Å²) < 4.78 is 10.1. The standard InChI is InChI=1S/C36H41N5O6S/c1-3-46-34(44)26-11-15-28(16-12-26)37-32(42)25-31-33(43)41(30-17-13-27(14-18-30)35(45)47-4-2)36(48)40(31)20-8-19-38-21-23-39(24-22-38)29-9-6-5-7-10-29/h5-7,9-18,31H,3-4,8,19-25H2,1-2H3,(H,37,42). The summed E-state index contributed by atoms with van der Waals surface area (Å²) in [5.74, 6) is -1.56. The van der Waals surface area contributed by atoms with E-state index in [0.29, 0.717) is 34.2 Å². The summed E-state index contributed by atoms with van der Waals surface area (Å²) in [6.07, 6.45) is 0.633. The van der Waals surface area contributed by atoms with Gasteiger partial charge in [-0.05, 0) is 99.7 Å². The van der Waals surface area contributed by atoms with Crippen molar-refractivity contribution in [2.24, 2.45) is 0 Å². The van der Waals surface area contributed by atoms with Crippen LogP contribution in [0.1, 0.15) is 47.4 Å². The largest absolute Gasteiger partial charge is 0.462 e. The van der Waals surface area contributed by atoms with Crippen LogP contribution in [0.15, 0.2) is 78.9 Å². The Labute approximate surface area is 286 Å². The number of hydrogen-bond acceptors (Lipinski definition) is 9. The van der Waals surface area contributed by atoms with Gasteiger partial charge in [-0.2, -0.15) is 0 Å². The van der Waals surface area contributed by atoms with Crippen molar-refractivity contribution in [3.8, 4) is 0 Å². The molecule has 0 saturated carbocycles. The minimum Gasteiger partial charge on any atom is -0.462 e. The number of anilines is 3. The number of nitrogens with zero attached hydrogens (tertiary/aromatic N) is 4. The van der Waals surface area contributed by atoms with Crippen LogP contribution in [0.4, 0.5) is 17.1 Å². The van der Waals surface area contributed by atoms with E-state index in [9.17, 15) is 19.2 Å². The minimum absolute atomic E-state index is 0.119. The zero-order chi connectivity index (χ0) is 34.0. The van der Waals surface area contributed by atoms with Gasteiger partial charge in [0.15, 0.2) is 5.11 Å². The fourth-order valence-electron chi connectivity index (χ4n) is 5.91. The molecule has 0 bridgehead atoms. The number of piperazine rings is 1. The van der Waals surface area contributed by atoms with E-state index in [1.165, 1.54) is 10.6 Å². The fourth-order valence-corrected chi connectivity index (χ4v) is 6.32. The van der Waals surface area contributed by atoms with Crippen LogP contribution in [0.3, 0.4) is 0 Å². The highest BCUT2D eigenvalue weighted by molar-refractivity contribution is 7.80. The van der Waals surface area contributed by atoms with E-state index in [1.807, 2.05) is 11.0 Å². The Bertz CT molecular complexity index is 1590. The zero-order valence-electron chi connectivity index (χ0n) is 27.3. The van der Waals surface area contributed by atoms with Crippen molar-refractivity contribution < 1.29 is 28.7 Å². The number of nitrogens with one attached hydrogen (secondary N) is 1. The molecule has 0 aliphatic carbocycles. The van der Waals surface area contributed by atoms with E-state index in [-0.39, 0.29) is 31.4 Å². The second-order valence-electron chi connectivity index (χ2n) is 11.5. The van der Waals surface area contributed by atoms with Crippen LogP contribution < -0.4 is 15.1 Å². The smallest absolute Gasteiger partial charge is 0.338 e. The monoisotopic (exact) mass is 671 g/mol. The van der Waals surface area contributed by atoms with Crippen LogP contribution in [-0.4, -0.2) is 97.2 Å². The molecule has 5 rings (SSSR count). The molecular weight excluding hydrogens is 630 g/mol. The molecule has 2 heterocycles. The van der Waals surface area contributed by atoms with Crippen molar-refractivity contribution in [2.75, 3.05) is 67.6 Å². The molecule has 2 saturated heterocycles. The van der Waals surface area contributed by atoms with Crippen LogP contribution in [-0.2, 0) is 19.1 Å². The summed E-state index contributed by atoms with van der Waals surface area (Å²) in [7, 11) is 0. The summed E-state index contributed by atoms with van der Waals surface area (Å²) in [6, 6.07) is 22.5. The molecule has 2 aliphatic heterocycles. The van der Waals surface area contributed by atoms with Gasteiger partial charge in [0.2, 0.25) is 5.91 Å². The number of ether oxygens (including phenoxy) is 2. The van der Waals surface area contributed by atoms with Crippen molar-refractivity contribution in [3.05, 3.63) is 90.0 Å². The Kier molecular flexibility index (Phi) is 11.8. The van der Waals surface area contributed by atoms with Gasteiger partial charge in [0.05, 0.1) is 36.4 Å². The zero-order valence-corrected chi connectivity index (χ0v) is 28.1. The molecule has 12 heteroatoms. The van der Waals surface area contributed by atoms with Gasteiger partial charge < -0.3 is 24.6 Å². The fraction of sp³-hybridized carbons (Fsp3) is 0.361. The van der Waals surface area contributed by atoms with Crippen molar-refractivity contribution in [1.82, 2.24) is 9.80 Å². The topological polar surface area (TPSA) is 112 Å². The lowest BCUT2D eigenvalue weighted by Crippen LogP contribution is -2.47. The second kappa shape index (κ2) is 16.3. The van der Waals surface area contributed by atoms with E-state index in [2.05, 4.69) is 39.4 Å². The first kappa shape index (κ1) is 34.5. The molecule has 48 heavy (non-hydrogen) atoms. The first-order valence-corrected chi connectivity index (χ1v) is 16.7. The van der Waals surface area contributed by atoms with Gasteiger partial charge in [-0.15, -0.1) is 0 Å². The van der Waals surface area contributed by atoms with Crippen LogP contribution in [0, 0.1) is 0 Å². The quantitative estimate of drug-likeness (QED) is 0.205. The van der Waals surface area contributed by atoms with E-state index >= 15 is 0 Å². The predicted octanol–water partition coefficient (Wildman–Crippen LogP) is 4.58. The van der Waals surface area contributed by atoms with Crippen LogP contribution >= 0.6 is 12.2 Å². The highest BCUT2D eigenvalue weighted by atomic mass is 32.1. The van der Waals surface area contributed by atoms with Gasteiger partial charge in [-0.25, -0.2) is 9.59 Å². The Morgan fingerprint density at radius 3 is 1.94 bits per heavy atom. The van der Waals surface area contributed by atoms with Crippen molar-refractivity contribution in [3.63, 3.8) is 0 Å². The Balaban J connectivity index is 1.25. The maximum absolute atomic E-state index is 13.9. The van der Waals surface area contributed by atoms with Crippen molar-refractivity contribution >= 4 is 58.1 Å². The van der Waals surface area contributed by atoms with Gasteiger partial charge >= 0.3 is 11.9 Å². The molecule has 252 valence electrons. The summed E-state index contributed by atoms with van der Waals surface area (Å²) in [5.41, 5.74) is 2.98. The summed E-state index contributed by atoms with van der Waals surface area (Å²) >= 11 is 5.85. The molecule has 2 amide bonds. The lowest BCUT2D eigenvalue weighted by molar-refractivity contribution is -0.124. The minimum atomic E-state index is -0.809. The van der Waals surface area contributed by atoms with Crippen molar-refractivity contribution in [1.29, 1.82) is 0 Å². The highest BCUT2D eigenvalue weighted by Crippen LogP contribution is 2.28. The number of carbonyl (C=O) groups is 4. The SMILES string of the molecule is CCOC(=O)c1ccc(NC(=O)CC2C(=O)N(c3ccc(C(=O)OCC)cc3)C(=S)N2CCCN2CCN(c3ccccc3)CC2)cc1. The highest BCUT2D eigenvalue weighted by Gasteiger charge is 2.44. The van der Waals surface area contributed by atoms with Gasteiger partial charge in [0.25, 0.3) is 5.91 Å². The average molecular weight is 672 g/mol. The van der Waals surface area contributed by atoms with Crippen molar-refractivity contribution in [2.45, 2.75) is 32.7 Å². The van der Waals surface area contributed by atoms with Gasteiger partial charge in [0.1, 0.15) is 6.04 Å². The lowest BCUT2D eigenvalue weighted by Gasteiger charge is -2.36. The molecule has 1 unspecified atom stereocenters. The van der Waals surface area contributed by atoms with Crippen LogP contribution in [0.25, 0.3) is 0 Å². The maximum Gasteiger partial charge on any atom is 0.338 e. The van der Waals surface area contributed by atoms with E-state index in [1.54, 1.807) is 62.4 Å². The lowest BCUT2D eigenvalue weighted by atomic mass is 10.1. The molecule has 3 aromatic carbocycles. The van der Waals surface area contributed by atoms with Gasteiger partial charge in [-0.3, -0.25) is 19.4 Å². The Morgan fingerprint density at radius 1 is 0.771 bits per heavy atom. The third-order valence-corrected chi connectivity index (χ3v) is 8.80. The molecule has 1 atom stereocenters. The summed E-state index contributed by atoms with van der Waals surface area (Å²) in [5, 5.41) is 3.15. The third-order valence-electron chi connectivity index (χ3n) is 8.38. The average Bonchev–Trinajstić information content (AvgIpc) is 3.33. The number of rotatable bonds is 13. The number of carbonyl (C=O) groups excluding carboxylic acids is 4. The maximum atomic E-state index is 13.9. The molecule has 0 aromatic heterocycles. The molecule has 3 aromatic rings. The molecule has 2 aliphatic rings. The number of amides is 2. The van der Waals surface area contributed by atoms with Crippen LogP contribution in [0.2, 0.25) is 0 Å². The Hall–Kier alpha value is -4.81. The number of esters is 2. The number of thiocarbonyl (C=S) groups is 1. The third kappa shape index (κ3) is 8.36. The van der Waals surface area contributed by atoms with Gasteiger partial charge in [-0.1, -0.05) is 18.2 Å². The van der Waals surface area contributed by atoms with E-state index in [0.717, 1.165) is 39.1 Å². The summed E-state index contributed by atoms with van der Waals surface area (Å²) in [4.78, 5) is 59.4. The number of benzene rings is 3. The van der Waals surface area contributed by atoms with Crippen LogP contribution in [0.5, 0.6) is 0 Å². The first-order valence-electron chi connectivity index (χ1n) is 16.3. The molecule has 1 N–H and O–H groups in total. The molecule has 11 nitrogen and oxygen atoms in total. The second-order valence-corrected chi connectivity index (χ2v) is 11.9. The van der Waals surface area contributed by atoms with E-state index < -0.39 is 18.0 Å². The number of hydrogen-bond donors (Lipinski definition) is 1. The molecule has 0 radical (unpaired) electrons. The predicted molar refractivity (Wildman–Crippen MR) is 188 cm³/mol. The first-order chi connectivity index (χ1) is 23.3.